The van der Waals surface area contributed by atoms with Crippen LogP contribution in [0.15, 0.2) is 24.3 Å². The van der Waals surface area contributed by atoms with Crippen LogP contribution in [0.5, 0.6) is 0 Å². The summed E-state index contributed by atoms with van der Waals surface area (Å²) in [5.74, 6) is -0.0683. The van der Waals surface area contributed by atoms with Crippen molar-refractivity contribution in [1.82, 2.24) is 9.55 Å². The van der Waals surface area contributed by atoms with Crippen LogP contribution < -0.4 is 0 Å². The van der Waals surface area contributed by atoms with Crippen molar-refractivity contribution in [2.24, 2.45) is 0 Å². The standard InChI is InChI=1S/C26H30ClN3O2/c1-15-17(3)30(14-13-28-8)25-21(15)23(19-9-11-20(27)12-10-19)22(16(2)29-25)24(18(4)31)32-26(5,6)7/h9-12,24H,13-14H2,1-7H3. The summed E-state index contributed by atoms with van der Waals surface area (Å²) in [6.45, 7) is 21.6. The molecule has 2 aromatic heterocycles. The molecule has 6 heteroatoms. The third kappa shape index (κ3) is 4.57. The molecule has 0 N–H and O–H groups in total. The number of Topliss-reactive ketones (excluding diaryl/α,β-unsaturated/α-hetero) is 1. The van der Waals surface area contributed by atoms with Crippen LogP contribution in [0.1, 0.15) is 56.3 Å². The summed E-state index contributed by atoms with van der Waals surface area (Å²) >= 11 is 6.18. The number of benzene rings is 1. The van der Waals surface area contributed by atoms with Crippen molar-refractivity contribution < 1.29 is 9.53 Å². The van der Waals surface area contributed by atoms with E-state index in [2.05, 4.69) is 23.3 Å². The van der Waals surface area contributed by atoms with E-state index >= 15 is 0 Å². The zero-order valence-corrected chi connectivity index (χ0v) is 20.6. The molecule has 0 saturated heterocycles. The van der Waals surface area contributed by atoms with Crippen LogP contribution in [0.4, 0.5) is 0 Å². The average Bonchev–Trinajstić information content (AvgIpc) is 2.93. The second kappa shape index (κ2) is 9.05. The molecule has 0 bridgehead atoms. The maximum Gasteiger partial charge on any atom is 0.232 e. The van der Waals surface area contributed by atoms with E-state index in [0.29, 0.717) is 18.1 Å². The number of fused-ring (bicyclic) bond motifs is 1. The third-order valence-electron chi connectivity index (χ3n) is 5.66. The fourth-order valence-electron chi connectivity index (χ4n) is 4.15. The molecule has 2 heterocycles. The minimum absolute atomic E-state index is 0.0683. The molecule has 5 nitrogen and oxygen atoms in total. The Bertz CT molecular complexity index is 1210. The van der Waals surface area contributed by atoms with E-state index in [4.69, 9.17) is 27.9 Å². The number of ketones is 1. The summed E-state index contributed by atoms with van der Waals surface area (Å²) in [6.07, 6.45) is -0.746. The minimum atomic E-state index is -0.746. The number of carbonyl (C=O) groups is 1. The molecule has 0 aliphatic carbocycles. The summed E-state index contributed by atoms with van der Waals surface area (Å²) in [6, 6.07) is 7.65. The lowest BCUT2D eigenvalue weighted by Gasteiger charge is -2.29. The van der Waals surface area contributed by atoms with Gasteiger partial charge in [0.25, 0.3) is 0 Å². The Balaban J connectivity index is 2.46. The molecule has 3 aromatic rings. The SMILES string of the molecule is [C-]#[N+]CCn1c(C)c(C)c2c(-c3ccc(Cl)cc3)c(C(OC(C)(C)C)C(C)=O)c(C)nc21. The first kappa shape index (κ1) is 24.0. The molecule has 0 radical (unpaired) electrons. The van der Waals surface area contributed by atoms with E-state index < -0.39 is 11.7 Å². The summed E-state index contributed by atoms with van der Waals surface area (Å²) in [7, 11) is 0. The molecule has 1 unspecified atom stereocenters. The maximum atomic E-state index is 12.8. The van der Waals surface area contributed by atoms with Gasteiger partial charge in [-0.3, -0.25) is 4.79 Å². The number of hydrogen-bond acceptors (Lipinski definition) is 3. The fourth-order valence-corrected chi connectivity index (χ4v) is 4.28. The van der Waals surface area contributed by atoms with Gasteiger partial charge in [-0.05, 0) is 71.7 Å². The van der Waals surface area contributed by atoms with Gasteiger partial charge >= 0.3 is 0 Å². The van der Waals surface area contributed by atoms with Crippen molar-refractivity contribution in [3.63, 3.8) is 0 Å². The second-order valence-electron chi connectivity index (χ2n) is 9.16. The van der Waals surface area contributed by atoms with Crippen molar-refractivity contribution in [2.75, 3.05) is 6.54 Å². The highest BCUT2D eigenvalue weighted by molar-refractivity contribution is 6.30. The molecule has 168 valence electrons. The van der Waals surface area contributed by atoms with Crippen LogP contribution in [0, 0.1) is 27.3 Å². The first-order valence-electron chi connectivity index (χ1n) is 10.7. The van der Waals surface area contributed by atoms with Gasteiger partial charge in [-0.15, -0.1) is 0 Å². The third-order valence-corrected chi connectivity index (χ3v) is 5.91. The number of halogens is 1. The molecule has 0 aliphatic heterocycles. The Morgan fingerprint density at radius 1 is 1.22 bits per heavy atom. The zero-order valence-electron chi connectivity index (χ0n) is 19.8. The molecule has 0 aliphatic rings. The minimum Gasteiger partial charge on any atom is -0.360 e. The number of aromatic nitrogens is 2. The van der Waals surface area contributed by atoms with Crippen LogP contribution in [-0.4, -0.2) is 27.5 Å². The number of rotatable bonds is 6. The van der Waals surface area contributed by atoms with Gasteiger partial charge in [0, 0.05) is 32.9 Å². The Morgan fingerprint density at radius 2 is 1.84 bits per heavy atom. The van der Waals surface area contributed by atoms with Crippen LogP contribution in [0.25, 0.3) is 27.0 Å². The molecule has 0 amide bonds. The summed E-state index contributed by atoms with van der Waals surface area (Å²) in [4.78, 5) is 21.3. The quantitative estimate of drug-likeness (QED) is 0.394. The lowest BCUT2D eigenvalue weighted by Crippen LogP contribution is -2.27. The van der Waals surface area contributed by atoms with Gasteiger partial charge in [-0.1, -0.05) is 23.7 Å². The monoisotopic (exact) mass is 451 g/mol. The van der Waals surface area contributed by atoms with Gasteiger partial charge < -0.3 is 14.1 Å². The van der Waals surface area contributed by atoms with Gasteiger partial charge in [0.05, 0.1) is 12.1 Å². The molecule has 0 fully saturated rings. The number of pyridine rings is 1. The van der Waals surface area contributed by atoms with E-state index in [1.807, 2.05) is 52.0 Å². The predicted octanol–water partition coefficient (Wildman–Crippen LogP) is 6.65. The Labute approximate surface area is 195 Å². The van der Waals surface area contributed by atoms with Gasteiger partial charge in [0.2, 0.25) is 6.54 Å². The van der Waals surface area contributed by atoms with Crippen molar-refractivity contribution in [3.8, 4) is 11.1 Å². The summed E-state index contributed by atoms with van der Waals surface area (Å²) < 4.78 is 8.38. The van der Waals surface area contributed by atoms with Crippen LogP contribution in [-0.2, 0) is 16.1 Å². The number of ether oxygens (including phenoxy) is 1. The molecular weight excluding hydrogens is 422 g/mol. The lowest BCUT2D eigenvalue weighted by molar-refractivity contribution is -0.138. The molecule has 0 spiro atoms. The Morgan fingerprint density at radius 3 is 2.38 bits per heavy atom. The summed E-state index contributed by atoms with van der Waals surface area (Å²) in [5.41, 5.74) is 5.89. The van der Waals surface area contributed by atoms with Gasteiger partial charge in [-0.25, -0.2) is 11.6 Å². The van der Waals surface area contributed by atoms with Crippen LogP contribution >= 0.6 is 11.6 Å². The van der Waals surface area contributed by atoms with Crippen molar-refractivity contribution in [3.05, 3.63) is 63.2 Å². The zero-order chi connectivity index (χ0) is 23.8. The molecule has 3 rings (SSSR count). The van der Waals surface area contributed by atoms with Gasteiger partial charge in [-0.2, -0.15) is 0 Å². The highest BCUT2D eigenvalue weighted by atomic mass is 35.5. The van der Waals surface area contributed by atoms with Gasteiger partial charge in [0.15, 0.2) is 5.78 Å². The Kier molecular flexibility index (Phi) is 6.78. The second-order valence-corrected chi connectivity index (χ2v) is 9.59. The largest absolute Gasteiger partial charge is 0.360 e. The molecule has 32 heavy (non-hydrogen) atoms. The molecule has 1 atom stereocenters. The summed E-state index contributed by atoms with van der Waals surface area (Å²) in [5, 5.41) is 1.63. The topological polar surface area (TPSA) is 48.5 Å². The highest BCUT2D eigenvalue weighted by Gasteiger charge is 2.31. The van der Waals surface area contributed by atoms with Crippen molar-refractivity contribution >= 4 is 28.4 Å². The van der Waals surface area contributed by atoms with Gasteiger partial charge in [0.1, 0.15) is 11.8 Å². The van der Waals surface area contributed by atoms with Crippen molar-refractivity contribution in [1.29, 1.82) is 0 Å². The molecule has 0 saturated carbocycles. The number of aryl methyl sites for hydroxylation is 2. The van der Waals surface area contributed by atoms with E-state index in [9.17, 15) is 4.79 Å². The number of hydrogen-bond donors (Lipinski definition) is 0. The first-order chi connectivity index (χ1) is 15.0. The Hall–Kier alpha value is -2.68. The molecule has 1 aromatic carbocycles. The van der Waals surface area contributed by atoms with Crippen molar-refractivity contribution in [2.45, 2.75) is 66.7 Å². The normalized spacial score (nSPS) is 12.7. The molecular formula is C26H30ClN3O2. The number of nitrogens with zero attached hydrogens (tertiary/aromatic N) is 3. The average molecular weight is 452 g/mol. The smallest absolute Gasteiger partial charge is 0.232 e. The van der Waals surface area contributed by atoms with E-state index in [0.717, 1.165) is 44.7 Å². The fraction of sp³-hybridized carbons (Fsp3) is 0.423. The van der Waals surface area contributed by atoms with Crippen LogP contribution in [0.3, 0.4) is 0 Å². The predicted molar refractivity (Wildman–Crippen MR) is 130 cm³/mol. The highest BCUT2D eigenvalue weighted by Crippen LogP contribution is 2.42. The van der Waals surface area contributed by atoms with E-state index in [-0.39, 0.29) is 5.78 Å². The maximum absolute atomic E-state index is 12.8. The van der Waals surface area contributed by atoms with E-state index in [1.165, 1.54) is 0 Å². The van der Waals surface area contributed by atoms with Crippen LogP contribution in [0.2, 0.25) is 5.02 Å². The number of carbonyl (C=O) groups excluding carboxylic acids is 1. The first-order valence-corrected chi connectivity index (χ1v) is 11.1. The van der Waals surface area contributed by atoms with E-state index in [1.54, 1.807) is 6.92 Å². The lowest BCUT2D eigenvalue weighted by atomic mass is 9.90.